The normalized spacial score (nSPS) is 12.2. The number of nitrogens with one attached hydrogen (secondary N) is 1. The van der Waals surface area contributed by atoms with E-state index in [0.29, 0.717) is 16.3 Å². The standard InChI is InChI=1S/C14H12Cl2FNO/c15-10-6-5-9(7-12(10)17)14(8-19)18-13-4-2-1-3-11(13)16/h1-7,14,18-19H,8H2. The summed E-state index contributed by atoms with van der Waals surface area (Å²) in [6.07, 6.45) is 0. The van der Waals surface area contributed by atoms with E-state index in [-0.39, 0.29) is 11.6 Å². The van der Waals surface area contributed by atoms with Crippen LogP contribution in [0, 0.1) is 5.82 Å². The van der Waals surface area contributed by atoms with Crippen molar-refractivity contribution < 1.29 is 9.50 Å². The minimum atomic E-state index is -0.515. The van der Waals surface area contributed by atoms with Crippen molar-refractivity contribution in [2.45, 2.75) is 6.04 Å². The van der Waals surface area contributed by atoms with Crippen molar-refractivity contribution in [1.82, 2.24) is 0 Å². The van der Waals surface area contributed by atoms with Crippen LogP contribution in [0.4, 0.5) is 10.1 Å². The smallest absolute Gasteiger partial charge is 0.142 e. The molecular weight excluding hydrogens is 288 g/mol. The molecule has 1 atom stereocenters. The van der Waals surface area contributed by atoms with Gasteiger partial charge in [0.15, 0.2) is 0 Å². The van der Waals surface area contributed by atoms with Crippen LogP contribution >= 0.6 is 23.2 Å². The predicted molar refractivity (Wildman–Crippen MR) is 76.3 cm³/mol. The molecule has 0 radical (unpaired) electrons. The van der Waals surface area contributed by atoms with Gasteiger partial charge in [-0.15, -0.1) is 0 Å². The molecule has 0 heterocycles. The summed E-state index contributed by atoms with van der Waals surface area (Å²) in [7, 11) is 0. The summed E-state index contributed by atoms with van der Waals surface area (Å²) in [6.45, 7) is -0.188. The zero-order chi connectivity index (χ0) is 13.8. The van der Waals surface area contributed by atoms with Gasteiger partial charge in [-0.1, -0.05) is 41.4 Å². The number of aliphatic hydroxyl groups excluding tert-OH is 1. The van der Waals surface area contributed by atoms with Crippen molar-refractivity contribution in [1.29, 1.82) is 0 Å². The van der Waals surface area contributed by atoms with E-state index in [9.17, 15) is 9.50 Å². The molecule has 0 aliphatic heterocycles. The number of para-hydroxylation sites is 1. The summed E-state index contributed by atoms with van der Waals surface area (Å²) in [5.41, 5.74) is 1.28. The molecule has 0 aromatic heterocycles. The number of hydrogen-bond acceptors (Lipinski definition) is 2. The van der Waals surface area contributed by atoms with Crippen molar-refractivity contribution >= 4 is 28.9 Å². The van der Waals surface area contributed by atoms with Crippen LogP contribution in [-0.2, 0) is 0 Å². The third kappa shape index (κ3) is 3.38. The predicted octanol–water partition coefficient (Wildman–Crippen LogP) is 4.28. The Labute approximate surface area is 120 Å². The van der Waals surface area contributed by atoms with E-state index in [4.69, 9.17) is 23.2 Å². The number of hydrogen-bond donors (Lipinski definition) is 2. The Balaban J connectivity index is 2.25. The Morgan fingerprint density at radius 3 is 2.47 bits per heavy atom. The minimum Gasteiger partial charge on any atom is -0.394 e. The molecule has 5 heteroatoms. The van der Waals surface area contributed by atoms with Crippen LogP contribution < -0.4 is 5.32 Å². The fourth-order valence-electron chi connectivity index (χ4n) is 1.73. The molecule has 0 amide bonds. The number of aliphatic hydroxyl groups is 1. The van der Waals surface area contributed by atoms with Gasteiger partial charge in [-0.05, 0) is 29.8 Å². The molecule has 2 aromatic rings. The Bertz CT molecular complexity index is 577. The first-order valence-corrected chi connectivity index (χ1v) is 6.44. The molecule has 0 bridgehead atoms. The first-order valence-electron chi connectivity index (χ1n) is 5.68. The molecule has 2 rings (SSSR count). The highest BCUT2D eigenvalue weighted by Gasteiger charge is 2.13. The molecule has 19 heavy (non-hydrogen) atoms. The van der Waals surface area contributed by atoms with Gasteiger partial charge in [0, 0.05) is 0 Å². The van der Waals surface area contributed by atoms with Crippen molar-refractivity contribution in [2.24, 2.45) is 0 Å². The maximum atomic E-state index is 13.4. The lowest BCUT2D eigenvalue weighted by Crippen LogP contribution is -2.15. The zero-order valence-electron chi connectivity index (χ0n) is 9.91. The average molecular weight is 300 g/mol. The Kier molecular flexibility index (Phi) is 4.64. The quantitative estimate of drug-likeness (QED) is 0.883. The van der Waals surface area contributed by atoms with Gasteiger partial charge in [-0.2, -0.15) is 0 Å². The molecule has 0 fully saturated rings. The SMILES string of the molecule is OCC(Nc1ccccc1Cl)c1ccc(Cl)c(F)c1. The number of halogens is 3. The second kappa shape index (κ2) is 6.24. The lowest BCUT2D eigenvalue weighted by molar-refractivity contribution is 0.276. The van der Waals surface area contributed by atoms with Crippen LogP contribution in [0.3, 0.4) is 0 Å². The van der Waals surface area contributed by atoms with E-state index >= 15 is 0 Å². The summed E-state index contributed by atoms with van der Waals surface area (Å²) >= 11 is 11.7. The summed E-state index contributed by atoms with van der Waals surface area (Å²) < 4.78 is 13.4. The second-order valence-electron chi connectivity index (χ2n) is 4.03. The van der Waals surface area contributed by atoms with E-state index < -0.39 is 11.9 Å². The lowest BCUT2D eigenvalue weighted by Gasteiger charge is -2.19. The van der Waals surface area contributed by atoms with Crippen LogP contribution in [0.2, 0.25) is 10.0 Å². The Hall–Kier alpha value is -1.29. The van der Waals surface area contributed by atoms with Crippen LogP contribution in [0.1, 0.15) is 11.6 Å². The van der Waals surface area contributed by atoms with Gasteiger partial charge in [0.1, 0.15) is 5.82 Å². The molecule has 2 aromatic carbocycles. The zero-order valence-corrected chi connectivity index (χ0v) is 11.4. The van der Waals surface area contributed by atoms with Crippen molar-refractivity contribution in [2.75, 3.05) is 11.9 Å². The molecule has 0 spiro atoms. The summed E-state index contributed by atoms with van der Waals surface area (Å²) in [6, 6.07) is 11.1. The lowest BCUT2D eigenvalue weighted by atomic mass is 10.1. The molecule has 0 aliphatic carbocycles. The first kappa shape index (κ1) is 14.1. The van der Waals surface area contributed by atoms with E-state index in [1.807, 2.05) is 12.1 Å². The maximum absolute atomic E-state index is 13.4. The molecule has 1 unspecified atom stereocenters. The Morgan fingerprint density at radius 1 is 1.11 bits per heavy atom. The van der Waals surface area contributed by atoms with Gasteiger partial charge in [0.2, 0.25) is 0 Å². The molecular formula is C14H12Cl2FNO. The van der Waals surface area contributed by atoms with Gasteiger partial charge >= 0.3 is 0 Å². The average Bonchev–Trinajstić information content (AvgIpc) is 2.41. The van der Waals surface area contributed by atoms with E-state index in [1.54, 1.807) is 18.2 Å². The highest BCUT2D eigenvalue weighted by Crippen LogP contribution is 2.27. The van der Waals surface area contributed by atoms with E-state index in [0.717, 1.165) is 0 Å². The van der Waals surface area contributed by atoms with Crippen LogP contribution in [-0.4, -0.2) is 11.7 Å². The maximum Gasteiger partial charge on any atom is 0.142 e. The van der Waals surface area contributed by atoms with Crippen LogP contribution in [0.15, 0.2) is 42.5 Å². The Morgan fingerprint density at radius 2 is 1.84 bits per heavy atom. The number of benzene rings is 2. The number of rotatable bonds is 4. The summed E-state index contributed by atoms with van der Waals surface area (Å²) in [4.78, 5) is 0. The monoisotopic (exact) mass is 299 g/mol. The second-order valence-corrected chi connectivity index (χ2v) is 4.85. The summed E-state index contributed by atoms with van der Waals surface area (Å²) in [5, 5.41) is 13.1. The largest absolute Gasteiger partial charge is 0.394 e. The highest BCUT2D eigenvalue weighted by atomic mass is 35.5. The third-order valence-electron chi connectivity index (χ3n) is 2.73. The molecule has 0 saturated carbocycles. The minimum absolute atomic E-state index is 0.0539. The fourth-order valence-corrected chi connectivity index (χ4v) is 2.04. The van der Waals surface area contributed by atoms with Crippen LogP contribution in [0.5, 0.6) is 0 Å². The first-order chi connectivity index (χ1) is 9.11. The third-order valence-corrected chi connectivity index (χ3v) is 3.37. The van der Waals surface area contributed by atoms with Gasteiger partial charge in [-0.3, -0.25) is 0 Å². The molecule has 100 valence electrons. The van der Waals surface area contributed by atoms with E-state index in [1.165, 1.54) is 12.1 Å². The van der Waals surface area contributed by atoms with Crippen molar-refractivity contribution in [3.63, 3.8) is 0 Å². The highest BCUT2D eigenvalue weighted by molar-refractivity contribution is 6.33. The van der Waals surface area contributed by atoms with Gasteiger partial charge in [0.05, 0.1) is 28.4 Å². The topological polar surface area (TPSA) is 32.3 Å². The van der Waals surface area contributed by atoms with Crippen molar-refractivity contribution in [3.05, 3.63) is 63.9 Å². The van der Waals surface area contributed by atoms with Gasteiger partial charge in [-0.25, -0.2) is 4.39 Å². The summed E-state index contributed by atoms with van der Waals surface area (Å²) in [5.74, 6) is -0.515. The fraction of sp³-hybridized carbons (Fsp3) is 0.143. The van der Waals surface area contributed by atoms with Gasteiger partial charge in [0.25, 0.3) is 0 Å². The van der Waals surface area contributed by atoms with Gasteiger partial charge < -0.3 is 10.4 Å². The van der Waals surface area contributed by atoms with Crippen molar-refractivity contribution in [3.8, 4) is 0 Å². The van der Waals surface area contributed by atoms with Crippen LogP contribution in [0.25, 0.3) is 0 Å². The molecule has 0 saturated heterocycles. The molecule has 2 nitrogen and oxygen atoms in total. The number of anilines is 1. The van der Waals surface area contributed by atoms with E-state index in [2.05, 4.69) is 5.32 Å². The molecule has 0 aliphatic rings. The molecule has 2 N–H and O–H groups in total.